The number of rotatable bonds is 1. The van der Waals surface area contributed by atoms with Gasteiger partial charge in [-0.05, 0) is 85.4 Å². The number of nitrogens with zero attached hydrogens (tertiary/aromatic N) is 1. The zero-order chi connectivity index (χ0) is 18.0. The van der Waals surface area contributed by atoms with Crippen molar-refractivity contribution in [3.8, 4) is 6.07 Å². The minimum absolute atomic E-state index is 0.126. The summed E-state index contributed by atoms with van der Waals surface area (Å²) in [5, 5.41) is 20.1. The largest absolute Gasteiger partial charge is 0.393 e. The second-order valence-electron chi connectivity index (χ2n) is 10.2. The van der Waals surface area contributed by atoms with E-state index in [1.807, 2.05) is 7.11 Å². The van der Waals surface area contributed by atoms with E-state index in [1.165, 1.54) is 19.3 Å². The molecule has 0 spiro atoms. The number of hydrogen-bond donors (Lipinski definition) is 1. The van der Waals surface area contributed by atoms with Gasteiger partial charge < -0.3 is 9.84 Å². The van der Waals surface area contributed by atoms with Crippen LogP contribution in [-0.4, -0.2) is 24.4 Å². The monoisotopic (exact) mass is 345 g/mol. The van der Waals surface area contributed by atoms with Crippen LogP contribution in [0.3, 0.4) is 0 Å². The van der Waals surface area contributed by atoms with Crippen LogP contribution in [0.1, 0.15) is 65.7 Å². The lowest BCUT2D eigenvalue weighted by Crippen LogP contribution is -2.60. The SMILES string of the molecule is COC1CC2(C)C(C#N)CCC2C2CCC3C(C)C(O)CCC3(C)C12. The Morgan fingerprint density at radius 2 is 1.76 bits per heavy atom. The van der Waals surface area contributed by atoms with Crippen LogP contribution < -0.4 is 0 Å². The van der Waals surface area contributed by atoms with Crippen molar-refractivity contribution < 1.29 is 9.84 Å². The standard InChI is InChI=1S/C22H35NO2/c1-13-16-8-6-15-17-7-5-14(12-23)22(17,3)11-19(25-4)20(15)21(16,2)10-9-18(13)24/h13-20,24H,5-11H2,1-4H3. The van der Waals surface area contributed by atoms with E-state index in [1.54, 1.807) is 0 Å². The predicted octanol–water partition coefficient (Wildman–Crippen LogP) is 4.40. The lowest BCUT2D eigenvalue weighted by molar-refractivity contribution is -0.195. The van der Waals surface area contributed by atoms with E-state index in [0.717, 1.165) is 25.7 Å². The fourth-order valence-electron chi connectivity index (χ4n) is 8.24. The summed E-state index contributed by atoms with van der Waals surface area (Å²) in [5.41, 5.74) is 0.424. The molecule has 0 heterocycles. The lowest BCUT2D eigenvalue weighted by atomic mass is 9.42. The van der Waals surface area contributed by atoms with Gasteiger partial charge in [-0.3, -0.25) is 0 Å². The lowest BCUT2D eigenvalue weighted by Gasteiger charge is -2.63. The molecule has 0 aromatic heterocycles. The summed E-state index contributed by atoms with van der Waals surface area (Å²) in [6.07, 6.45) is 8.08. The number of hydrogen-bond acceptors (Lipinski definition) is 3. The Morgan fingerprint density at radius 3 is 2.44 bits per heavy atom. The molecule has 0 saturated heterocycles. The van der Waals surface area contributed by atoms with E-state index in [0.29, 0.717) is 29.6 Å². The fourth-order valence-corrected chi connectivity index (χ4v) is 8.24. The molecule has 0 aliphatic heterocycles. The molecule has 25 heavy (non-hydrogen) atoms. The van der Waals surface area contributed by atoms with Gasteiger partial charge in [0.25, 0.3) is 0 Å². The van der Waals surface area contributed by atoms with Gasteiger partial charge in [-0.1, -0.05) is 20.8 Å². The van der Waals surface area contributed by atoms with E-state index in [9.17, 15) is 10.4 Å². The number of ether oxygens (including phenoxy) is 1. The topological polar surface area (TPSA) is 53.2 Å². The van der Waals surface area contributed by atoms with Gasteiger partial charge in [-0.2, -0.15) is 5.26 Å². The van der Waals surface area contributed by atoms with Crippen molar-refractivity contribution >= 4 is 0 Å². The molecule has 4 aliphatic carbocycles. The van der Waals surface area contributed by atoms with Gasteiger partial charge in [0, 0.05) is 7.11 Å². The second-order valence-corrected chi connectivity index (χ2v) is 10.2. The Morgan fingerprint density at radius 1 is 1.04 bits per heavy atom. The molecular formula is C22H35NO2. The normalized spacial score (nSPS) is 57.9. The van der Waals surface area contributed by atoms with Gasteiger partial charge in [0.1, 0.15) is 0 Å². The predicted molar refractivity (Wildman–Crippen MR) is 97.6 cm³/mol. The molecule has 0 aromatic rings. The molecule has 3 heteroatoms. The minimum Gasteiger partial charge on any atom is -0.393 e. The third-order valence-corrected chi connectivity index (χ3v) is 9.53. The first-order valence-corrected chi connectivity index (χ1v) is 10.5. The number of aliphatic hydroxyl groups excluding tert-OH is 1. The summed E-state index contributed by atoms with van der Waals surface area (Å²) in [7, 11) is 1.88. The summed E-state index contributed by atoms with van der Waals surface area (Å²) in [6, 6.07) is 2.63. The van der Waals surface area contributed by atoms with Crippen molar-refractivity contribution in [1.82, 2.24) is 0 Å². The first-order valence-electron chi connectivity index (χ1n) is 10.5. The molecule has 10 unspecified atom stereocenters. The van der Waals surface area contributed by atoms with Crippen LogP contribution >= 0.6 is 0 Å². The van der Waals surface area contributed by atoms with Gasteiger partial charge in [-0.25, -0.2) is 0 Å². The van der Waals surface area contributed by atoms with E-state index in [2.05, 4.69) is 26.8 Å². The average Bonchev–Trinajstić information content (AvgIpc) is 2.93. The van der Waals surface area contributed by atoms with Crippen LogP contribution in [0, 0.1) is 57.7 Å². The number of aliphatic hydroxyl groups is 1. The fraction of sp³-hybridized carbons (Fsp3) is 0.955. The summed E-state index contributed by atoms with van der Waals surface area (Å²) in [6.45, 7) is 7.15. The molecule has 0 radical (unpaired) electrons. The summed E-state index contributed by atoms with van der Waals surface area (Å²) < 4.78 is 6.13. The molecule has 10 atom stereocenters. The van der Waals surface area contributed by atoms with Gasteiger partial charge >= 0.3 is 0 Å². The molecule has 4 rings (SSSR count). The van der Waals surface area contributed by atoms with Crippen LogP contribution in [0.5, 0.6) is 0 Å². The molecule has 0 amide bonds. The van der Waals surface area contributed by atoms with Crippen LogP contribution in [0.15, 0.2) is 0 Å². The summed E-state index contributed by atoms with van der Waals surface area (Å²) in [4.78, 5) is 0. The van der Waals surface area contributed by atoms with Gasteiger partial charge in [-0.15, -0.1) is 0 Å². The summed E-state index contributed by atoms with van der Waals surface area (Å²) >= 11 is 0. The Bertz CT molecular complexity index is 571. The third-order valence-electron chi connectivity index (χ3n) is 9.53. The Labute approximate surface area is 153 Å². The molecule has 4 saturated carbocycles. The molecule has 0 aromatic carbocycles. The molecular weight excluding hydrogens is 310 g/mol. The summed E-state index contributed by atoms with van der Waals surface area (Å²) in [5.74, 6) is 3.21. The Kier molecular flexibility index (Phi) is 4.25. The van der Waals surface area contributed by atoms with Crippen LogP contribution in [-0.2, 0) is 4.74 Å². The number of nitriles is 1. The second kappa shape index (κ2) is 5.96. The molecule has 0 bridgehead atoms. The highest BCUT2D eigenvalue weighted by Gasteiger charge is 2.64. The van der Waals surface area contributed by atoms with Crippen molar-refractivity contribution in [2.75, 3.05) is 7.11 Å². The highest BCUT2D eigenvalue weighted by Crippen LogP contribution is 2.68. The van der Waals surface area contributed by atoms with Crippen molar-refractivity contribution in [1.29, 1.82) is 5.26 Å². The van der Waals surface area contributed by atoms with Crippen molar-refractivity contribution in [3.05, 3.63) is 0 Å². The average molecular weight is 346 g/mol. The molecule has 4 aliphatic rings. The number of fused-ring (bicyclic) bond motifs is 5. The highest BCUT2D eigenvalue weighted by molar-refractivity contribution is 5.15. The Balaban J connectivity index is 1.72. The van der Waals surface area contributed by atoms with Crippen molar-refractivity contribution in [3.63, 3.8) is 0 Å². The number of methoxy groups -OCH3 is 1. The maximum absolute atomic E-state index is 10.4. The van der Waals surface area contributed by atoms with E-state index in [4.69, 9.17) is 4.74 Å². The third kappa shape index (κ3) is 2.29. The zero-order valence-electron chi connectivity index (χ0n) is 16.4. The van der Waals surface area contributed by atoms with E-state index < -0.39 is 0 Å². The maximum atomic E-state index is 10.4. The first kappa shape index (κ1) is 17.8. The molecule has 1 N–H and O–H groups in total. The van der Waals surface area contributed by atoms with E-state index in [-0.39, 0.29) is 29.0 Å². The molecule has 4 fully saturated rings. The van der Waals surface area contributed by atoms with Crippen LogP contribution in [0.2, 0.25) is 0 Å². The van der Waals surface area contributed by atoms with Gasteiger partial charge in [0.15, 0.2) is 0 Å². The van der Waals surface area contributed by atoms with Crippen molar-refractivity contribution in [2.45, 2.75) is 77.9 Å². The molecule has 3 nitrogen and oxygen atoms in total. The zero-order valence-corrected chi connectivity index (χ0v) is 16.4. The van der Waals surface area contributed by atoms with E-state index >= 15 is 0 Å². The quantitative estimate of drug-likeness (QED) is 0.766. The van der Waals surface area contributed by atoms with Crippen LogP contribution in [0.4, 0.5) is 0 Å². The smallest absolute Gasteiger partial charge is 0.0661 e. The van der Waals surface area contributed by atoms with Gasteiger partial charge in [0.2, 0.25) is 0 Å². The molecule has 140 valence electrons. The van der Waals surface area contributed by atoms with Crippen LogP contribution in [0.25, 0.3) is 0 Å². The maximum Gasteiger partial charge on any atom is 0.0661 e. The first-order chi connectivity index (χ1) is 11.9. The Hall–Kier alpha value is -0.590. The van der Waals surface area contributed by atoms with Crippen molar-refractivity contribution in [2.24, 2.45) is 46.3 Å². The van der Waals surface area contributed by atoms with Gasteiger partial charge in [0.05, 0.1) is 24.2 Å². The minimum atomic E-state index is -0.126. The highest BCUT2D eigenvalue weighted by atomic mass is 16.5.